The maximum atomic E-state index is 11.4. The molecule has 0 aliphatic carbocycles. The predicted octanol–water partition coefficient (Wildman–Crippen LogP) is 1.72. The maximum Gasteiger partial charge on any atom is 0.307 e. The summed E-state index contributed by atoms with van der Waals surface area (Å²) in [6.07, 6.45) is 2.19. The van der Waals surface area contributed by atoms with Gasteiger partial charge in [-0.25, -0.2) is 13.6 Å². The van der Waals surface area contributed by atoms with Crippen LogP contribution in [0, 0.1) is 0 Å². The minimum atomic E-state index is -3.67. The molecule has 1 aromatic carbocycles. The van der Waals surface area contributed by atoms with Crippen molar-refractivity contribution in [3.63, 3.8) is 0 Å². The molecule has 22 heavy (non-hydrogen) atoms. The zero-order valence-corrected chi connectivity index (χ0v) is 13.9. The van der Waals surface area contributed by atoms with Gasteiger partial charge in [0.2, 0.25) is 10.0 Å². The molecule has 0 bridgehead atoms. The summed E-state index contributed by atoms with van der Waals surface area (Å²) in [6.45, 7) is 4.95. The number of primary sulfonamides is 1. The number of nitrogens with one attached hydrogen (secondary N) is 1. The van der Waals surface area contributed by atoms with E-state index < -0.39 is 10.0 Å². The van der Waals surface area contributed by atoms with Gasteiger partial charge in [0, 0.05) is 12.6 Å². The van der Waals surface area contributed by atoms with Crippen molar-refractivity contribution in [1.29, 1.82) is 0 Å². The number of nitrogens with two attached hydrogens (primary N) is 1. The van der Waals surface area contributed by atoms with Gasteiger partial charge in [-0.3, -0.25) is 4.79 Å². The molecule has 0 amide bonds. The standard InChI is InChI=1S/C15H24N2O4S/c1-3-4-11-21-15(18)9-10-17-12(2)13-5-7-14(8-6-13)22(16,19)20/h5-8,12,17H,3-4,9-11H2,1-2H3,(H2,16,19,20)/t12-/m0/s1. The molecule has 0 saturated heterocycles. The highest BCUT2D eigenvalue weighted by Gasteiger charge is 2.10. The van der Waals surface area contributed by atoms with Crippen molar-refractivity contribution in [2.45, 2.75) is 44.0 Å². The molecule has 0 heterocycles. The number of ether oxygens (including phenoxy) is 1. The number of rotatable bonds is 9. The number of benzene rings is 1. The topological polar surface area (TPSA) is 98.5 Å². The number of hydrogen-bond donors (Lipinski definition) is 2. The highest BCUT2D eigenvalue weighted by Crippen LogP contribution is 2.15. The number of carbonyl (C=O) groups excluding carboxylic acids is 1. The first-order valence-corrected chi connectivity index (χ1v) is 8.91. The minimum absolute atomic E-state index is 0.00188. The van der Waals surface area contributed by atoms with Gasteiger partial charge in [0.1, 0.15) is 0 Å². The van der Waals surface area contributed by atoms with E-state index in [1.807, 2.05) is 13.8 Å². The quantitative estimate of drug-likeness (QED) is 0.531. The molecule has 124 valence electrons. The molecule has 3 N–H and O–H groups in total. The van der Waals surface area contributed by atoms with E-state index in [-0.39, 0.29) is 16.9 Å². The zero-order chi connectivity index (χ0) is 16.6. The lowest BCUT2D eigenvalue weighted by Crippen LogP contribution is -2.23. The highest BCUT2D eigenvalue weighted by atomic mass is 32.2. The van der Waals surface area contributed by atoms with Gasteiger partial charge in [0.15, 0.2) is 0 Å². The van der Waals surface area contributed by atoms with Crippen molar-refractivity contribution in [1.82, 2.24) is 5.32 Å². The zero-order valence-electron chi connectivity index (χ0n) is 13.0. The molecule has 0 spiro atoms. The Bertz CT molecular complexity index is 570. The lowest BCUT2D eigenvalue weighted by Gasteiger charge is -2.14. The van der Waals surface area contributed by atoms with Crippen molar-refractivity contribution < 1.29 is 17.9 Å². The monoisotopic (exact) mass is 328 g/mol. The van der Waals surface area contributed by atoms with Crippen molar-refractivity contribution >= 4 is 16.0 Å². The third-order valence-corrected chi connectivity index (χ3v) is 4.18. The van der Waals surface area contributed by atoms with Gasteiger partial charge in [-0.15, -0.1) is 0 Å². The molecule has 0 radical (unpaired) electrons. The lowest BCUT2D eigenvalue weighted by molar-refractivity contribution is -0.143. The van der Waals surface area contributed by atoms with Gasteiger partial charge in [0.25, 0.3) is 0 Å². The Labute approximate surface area is 132 Å². The van der Waals surface area contributed by atoms with Crippen LogP contribution in [-0.4, -0.2) is 27.5 Å². The fourth-order valence-corrected chi connectivity index (χ4v) is 2.37. The summed E-state index contributed by atoms with van der Waals surface area (Å²) in [6, 6.07) is 6.36. The van der Waals surface area contributed by atoms with E-state index in [0.29, 0.717) is 19.6 Å². The van der Waals surface area contributed by atoms with E-state index >= 15 is 0 Å². The third kappa shape index (κ3) is 6.55. The highest BCUT2D eigenvalue weighted by molar-refractivity contribution is 7.89. The summed E-state index contributed by atoms with van der Waals surface area (Å²) in [5.41, 5.74) is 0.923. The second-order valence-electron chi connectivity index (χ2n) is 5.11. The number of esters is 1. The Morgan fingerprint density at radius 2 is 1.95 bits per heavy atom. The van der Waals surface area contributed by atoms with Crippen LogP contribution in [-0.2, 0) is 19.6 Å². The van der Waals surface area contributed by atoms with E-state index in [4.69, 9.17) is 9.88 Å². The van der Waals surface area contributed by atoms with Gasteiger partial charge in [0.05, 0.1) is 17.9 Å². The Morgan fingerprint density at radius 1 is 1.32 bits per heavy atom. The largest absolute Gasteiger partial charge is 0.466 e. The molecule has 0 aliphatic heterocycles. The van der Waals surface area contributed by atoms with Crippen LogP contribution in [0.2, 0.25) is 0 Å². The van der Waals surface area contributed by atoms with Gasteiger partial charge < -0.3 is 10.1 Å². The van der Waals surface area contributed by atoms with Crippen LogP contribution in [0.25, 0.3) is 0 Å². The molecular formula is C15H24N2O4S. The second-order valence-corrected chi connectivity index (χ2v) is 6.68. The number of hydrogen-bond acceptors (Lipinski definition) is 5. The van der Waals surface area contributed by atoms with Crippen LogP contribution in [0.15, 0.2) is 29.2 Å². The van der Waals surface area contributed by atoms with Crippen molar-refractivity contribution in [2.24, 2.45) is 5.14 Å². The van der Waals surface area contributed by atoms with Crippen LogP contribution in [0.3, 0.4) is 0 Å². The normalized spacial score (nSPS) is 12.9. The molecule has 7 heteroatoms. The molecule has 1 rings (SSSR count). The molecule has 1 aromatic rings. The fraction of sp³-hybridized carbons (Fsp3) is 0.533. The van der Waals surface area contributed by atoms with E-state index in [1.54, 1.807) is 12.1 Å². The second kappa shape index (κ2) is 8.87. The molecule has 1 atom stereocenters. The van der Waals surface area contributed by atoms with Gasteiger partial charge >= 0.3 is 5.97 Å². The van der Waals surface area contributed by atoms with Crippen LogP contribution >= 0.6 is 0 Å². The van der Waals surface area contributed by atoms with Gasteiger partial charge in [-0.1, -0.05) is 25.5 Å². The van der Waals surface area contributed by atoms with Crippen molar-refractivity contribution in [2.75, 3.05) is 13.2 Å². The van der Waals surface area contributed by atoms with Gasteiger partial charge in [-0.2, -0.15) is 0 Å². The Kier molecular flexibility index (Phi) is 7.50. The third-order valence-electron chi connectivity index (χ3n) is 3.25. The average molecular weight is 328 g/mol. The molecule has 0 unspecified atom stereocenters. The summed E-state index contributed by atoms with van der Waals surface area (Å²) in [7, 11) is -3.67. The van der Waals surface area contributed by atoms with Crippen molar-refractivity contribution in [3.8, 4) is 0 Å². The summed E-state index contributed by atoms with van der Waals surface area (Å²) >= 11 is 0. The number of sulfonamides is 1. The fourth-order valence-electron chi connectivity index (χ4n) is 1.86. The van der Waals surface area contributed by atoms with Gasteiger partial charge in [-0.05, 0) is 31.0 Å². The summed E-state index contributed by atoms with van der Waals surface area (Å²) in [5, 5.41) is 8.25. The maximum absolute atomic E-state index is 11.4. The predicted molar refractivity (Wildman–Crippen MR) is 84.7 cm³/mol. The minimum Gasteiger partial charge on any atom is -0.466 e. The van der Waals surface area contributed by atoms with Crippen LogP contribution in [0.1, 0.15) is 44.7 Å². The van der Waals surface area contributed by atoms with E-state index in [2.05, 4.69) is 5.32 Å². The lowest BCUT2D eigenvalue weighted by atomic mass is 10.1. The van der Waals surface area contributed by atoms with Crippen molar-refractivity contribution in [3.05, 3.63) is 29.8 Å². The first kappa shape index (κ1) is 18.6. The van der Waals surface area contributed by atoms with Crippen LogP contribution < -0.4 is 10.5 Å². The number of unbranched alkanes of at least 4 members (excludes halogenated alkanes) is 1. The van der Waals surface area contributed by atoms with E-state index in [0.717, 1.165) is 18.4 Å². The Balaban J connectivity index is 2.39. The molecular weight excluding hydrogens is 304 g/mol. The summed E-state index contributed by atoms with van der Waals surface area (Å²) in [5.74, 6) is -0.210. The molecule has 6 nitrogen and oxygen atoms in total. The van der Waals surface area contributed by atoms with E-state index in [1.165, 1.54) is 12.1 Å². The first-order valence-electron chi connectivity index (χ1n) is 7.36. The Hall–Kier alpha value is -1.44. The smallest absolute Gasteiger partial charge is 0.307 e. The van der Waals surface area contributed by atoms with Crippen LogP contribution in [0.4, 0.5) is 0 Å². The Morgan fingerprint density at radius 3 is 2.50 bits per heavy atom. The molecule has 0 aromatic heterocycles. The average Bonchev–Trinajstić information content (AvgIpc) is 2.46. The molecule has 0 fully saturated rings. The summed E-state index contributed by atoms with van der Waals surface area (Å²) in [4.78, 5) is 11.5. The number of carbonyl (C=O) groups is 1. The molecule has 0 saturated carbocycles. The summed E-state index contributed by atoms with van der Waals surface area (Å²) < 4.78 is 27.4. The SMILES string of the molecule is CCCCOC(=O)CCN[C@@H](C)c1ccc(S(N)(=O)=O)cc1. The van der Waals surface area contributed by atoms with E-state index in [9.17, 15) is 13.2 Å². The molecule has 0 aliphatic rings. The first-order chi connectivity index (χ1) is 10.3. The van der Waals surface area contributed by atoms with Crippen LogP contribution in [0.5, 0.6) is 0 Å².